The lowest BCUT2D eigenvalue weighted by Crippen LogP contribution is -2.53. The summed E-state index contributed by atoms with van der Waals surface area (Å²) in [6.07, 6.45) is 7.74. The maximum atomic E-state index is 13.8. The summed E-state index contributed by atoms with van der Waals surface area (Å²) in [5.41, 5.74) is 6.95. The van der Waals surface area contributed by atoms with Gasteiger partial charge in [-0.15, -0.1) is 0 Å². The van der Waals surface area contributed by atoms with Crippen molar-refractivity contribution in [3.63, 3.8) is 0 Å². The molecular formula is C13H17FN2. The highest BCUT2D eigenvalue weighted by atomic mass is 19.1. The first-order valence-electron chi connectivity index (χ1n) is 6.04. The summed E-state index contributed by atoms with van der Waals surface area (Å²) in [4.78, 5) is 4.28. The van der Waals surface area contributed by atoms with Crippen molar-refractivity contribution in [3.05, 3.63) is 29.8 Å². The predicted molar refractivity (Wildman–Crippen MR) is 60.5 cm³/mol. The largest absolute Gasteiger partial charge is 0.325 e. The van der Waals surface area contributed by atoms with Gasteiger partial charge < -0.3 is 5.73 Å². The van der Waals surface area contributed by atoms with Crippen molar-refractivity contribution < 1.29 is 4.39 Å². The van der Waals surface area contributed by atoms with Crippen LogP contribution in [0.5, 0.6) is 0 Å². The van der Waals surface area contributed by atoms with Gasteiger partial charge in [0.2, 0.25) is 0 Å². The van der Waals surface area contributed by atoms with Crippen LogP contribution in [0.1, 0.15) is 44.2 Å². The van der Waals surface area contributed by atoms with Crippen molar-refractivity contribution in [3.8, 4) is 0 Å². The van der Waals surface area contributed by atoms with E-state index in [4.69, 9.17) is 5.73 Å². The van der Waals surface area contributed by atoms with Gasteiger partial charge in [0.15, 0.2) is 0 Å². The Morgan fingerprint density at radius 2 is 1.75 bits per heavy atom. The highest BCUT2D eigenvalue weighted by molar-refractivity contribution is 5.24. The van der Waals surface area contributed by atoms with Crippen LogP contribution in [0, 0.1) is 5.82 Å². The number of nitrogens with two attached hydrogens (primary N) is 1. The number of hydrogen-bond acceptors (Lipinski definition) is 2. The highest BCUT2D eigenvalue weighted by Gasteiger charge is 2.49. The van der Waals surface area contributed by atoms with E-state index in [-0.39, 0.29) is 16.8 Å². The zero-order chi connectivity index (χ0) is 11.2. The van der Waals surface area contributed by atoms with Crippen LogP contribution >= 0.6 is 0 Å². The topological polar surface area (TPSA) is 38.9 Å². The summed E-state index contributed by atoms with van der Waals surface area (Å²) in [7, 11) is 0. The van der Waals surface area contributed by atoms with Gasteiger partial charge in [-0.1, -0.05) is 0 Å². The van der Waals surface area contributed by atoms with Crippen molar-refractivity contribution in [2.45, 2.75) is 49.5 Å². The lowest BCUT2D eigenvalue weighted by Gasteiger charge is -2.51. The first-order valence-corrected chi connectivity index (χ1v) is 6.04. The third-order valence-electron chi connectivity index (χ3n) is 4.57. The molecule has 1 aromatic heterocycles. The van der Waals surface area contributed by atoms with Crippen LogP contribution < -0.4 is 5.73 Å². The van der Waals surface area contributed by atoms with Crippen molar-refractivity contribution >= 4 is 0 Å². The van der Waals surface area contributed by atoms with Gasteiger partial charge in [-0.05, 0) is 50.7 Å². The maximum Gasteiger partial charge on any atom is 0.145 e. The monoisotopic (exact) mass is 220 g/mol. The van der Waals surface area contributed by atoms with Crippen LogP contribution in [-0.2, 0) is 5.41 Å². The van der Waals surface area contributed by atoms with Crippen molar-refractivity contribution in [2.75, 3.05) is 0 Å². The van der Waals surface area contributed by atoms with E-state index in [9.17, 15) is 4.39 Å². The fourth-order valence-electron chi connectivity index (χ4n) is 3.35. The van der Waals surface area contributed by atoms with Gasteiger partial charge in [0, 0.05) is 17.2 Å². The second-order valence-electron chi connectivity index (χ2n) is 5.48. The van der Waals surface area contributed by atoms with E-state index >= 15 is 0 Å². The number of halogens is 1. The van der Waals surface area contributed by atoms with Gasteiger partial charge in [0.05, 0.1) is 5.69 Å². The van der Waals surface area contributed by atoms with E-state index < -0.39 is 0 Å². The predicted octanol–water partition coefficient (Wildman–Crippen LogP) is 2.52. The molecule has 3 saturated carbocycles. The minimum Gasteiger partial charge on any atom is -0.325 e. The van der Waals surface area contributed by atoms with Crippen LogP contribution in [0.15, 0.2) is 18.3 Å². The minimum atomic E-state index is -0.145. The van der Waals surface area contributed by atoms with Crippen LogP contribution in [0.2, 0.25) is 0 Å². The Hall–Kier alpha value is -0.960. The number of pyridine rings is 1. The fraction of sp³-hybridized carbons (Fsp3) is 0.615. The van der Waals surface area contributed by atoms with Gasteiger partial charge in [0.25, 0.3) is 0 Å². The molecule has 0 unspecified atom stereocenters. The molecule has 0 radical (unpaired) electrons. The molecule has 1 aromatic rings. The molecule has 0 amide bonds. The third-order valence-corrected chi connectivity index (χ3v) is 4.57. The number of nitrogens with zero attached hydrogens (tertiary/aromatic N) is 1. The number of aromatic nitrogens is 1. The Labute approximate surface area is 95.1 Å². The first-order chi connectivity index (χ1) is 7.64. The summed E-state index contributed by atoms with van der Waals surface area (Å²) in [5.74, 6) is -0.145. The van der Waals surface area contributed by atoms with Crippen LogP contribution in [0.3, 0.4) is 0 Å². The van der Waals surface area contributed by atoms with Gasteiger partial charge >= 0.3 is 0 Å². The molecule has 0 aromatic carbocycles. The molecule has 0 spiro atoms. The van der Waals surface area contributed by atoms with Crippen molar-refractivity contribution in [1.29, 1.82) is 0 Å². The molecule has 86 valence electrons. The molecule has 16 heavy (non-hydrogen) atoms. The molecular weight excluding hydrogens is 203 g/mol. The molecule has 3 aliphatic carbocycles. The maximum absolute atomic E-state index is 13.8. The van der Waals surface area contributed by atoms with E-state index in [1.54, 1.807) is 12.3 Å². The lowest BCUT2D eigenvalue weighted by molar-refractivity contribution is 0.101. The normalized spacial score (nSPS) is 37.6. The summed E-state index contributed by atoms with van der Waals surface area (Å²) in [6, 6.07) is 3.18. The van der Waals surface area contributed by atoms with E-state index in [0.717, 1.165) is 38.5 Å². The Kier molecular flexibility index (Phi) is 2.08. The second-order valence-corrected chi connectivity index (χ2v) is 5.48. The fourth-order valence-corrected chi connectivity index (χ4v) is 3.35. The first kappa shape index (κ1) is 10.2. The minimum absolute atomic E-state index is 0.0214. The smallest absolute Gasteiger partial charge is 0.145 e. The molecule has 3 aliphatic rings. The Morgan fingerprint density at radius 1 is 1.12 bits per heavy atom. The second kappa shape index (κ2) is 3.27. The molecule has 3 heteroatoms. The Morgan fingerprint density at radius 3 is 2.31 bits per heavy atom. The van der Waals surface area contributed by atoms with Crippen LogP contribution in [-0.4, -0.2) is 10.5 Å². The molecule has 0 saturated heterocycles. The van der Waals surface area contributed by atoms with E-state index in [1.807, 2.05) is 0 Å². The van der Waals surface area contributed by atoms with Gasteiger partial charge in [0.1, 0.15) is 5.82 Å². The van der Waals surface area contributed by atoms with Gasteiger partial charge in [-0.3, -0.25) is 4.98 Å². The number of fused-ring (bicyclic) bond motifs is 3. The van der Waals surface area contributed by atoms with Crippen molar-refractivity contribution in [2.24, 2.45) is 5.73 Å². The third kappa shape index (κ3) is 1.38. The van der Waals surface area contributed by atoms with E-state index in [1.165, 1.54) is 6.07 Å². The lowest BCUT2D eigenvalue weighted by atomic mass is 9.56. The van der Waals surface area contributed by atoms with E-state index in [2.05, 4.69) is 4.98 Å². The van der Waals surface area contributed by atoms with Crippen LogP contribution in [0.25, 0.3) is 0 Å². The summed E-state index contributed by atoms with van der Waals surface area (Å²) < 4.78 is 13.8. The molecule has 1 heterocycles. The zero-order valence-electron chi connectivity index (χ0n) is 9.38. The molecule has 0 atom stereocenters. The SMILES string of the molecule is NC12CCC(c3ncccc3F)(CC1)CC2. The standard InChI is InChI=1S/C13H17FN2/c14-10-2-1-9-16-11(10)12-3-6-13(15,7-4-12)8-5-12/h1-2,9H,3-8,15H2. The zero-order valence-corrected chi connectivity index (χ0v) is 9.38. The Bertz CT molecular complexity index is 392. The highest BCUT2D eigenvalue weighted by Crippen LogP contribution is 2.52. The molecule has 2 bridgehead atoms. The summed E-state index contributed by atoms with van der Waals surface area (Å²) in [6.45, 7) is 0. The summed E-state index contributed by atoms with van der Waals surface area (Å²) in [5, 5.41) is 0. The average molecular weight is 220 g/mol. The number of hydrogen-bond donors (Lipinski definition) is 1. The molecule has 2 nitrogen and oxygen atoms in total. The van der Waals surface area contributed by atoms with E-state index in [0.29, 0.717) is 5.69 Å². The molecule has 0 aliphatic heterocycles. The molecule has 2 N–H and O–H groups in total. The average Bonchev–Trinajstić information content (AvgIpc) is 2.31. The Balaban J connectivity index is 1.99. The van der Waals surface area contributed by atoms with Crippen molar-refractivity contribution in [1.82, 2.24) is 4.98 Å². The molecule has 4 rings (SSSR count). The van der Waals surface area contributed by atoms with Gasteiger partial charge in [-0.2, -0.15) is 0 Å². The van der Waals surface area contributed by atoms with Gasteiger partial charge in [-0.25, -0.2) is 4.39 Å². The quantitative estimate of drug-likeness (QED) is 0.789. The number of rotatable bonds is 1. The summed E-state index contributed by atoms with van der Waals surface area (Å²) >= 11 is 0. The molecule has 3 fully saturated rings. The van der Waals surface area contributed by atoms with Crippen LogP contribution in [0.4, 0.5) is 4.39 Å².